The van der Waals surface area contributed by atoms with Crippen molar-refractivity contribution in [3.05, 3.63) is 77.9 Å². The summed E-state index contributed by atoms with van der Waals surface area (Å²) in [6, 6.07) is 20.2. The molecule has 8 heteroatoms. The quantitative estimate of drug-likeness (QED) is 0.380. The average molecular weight is 517 g/mol. The Balaban J connectivity index is 1.31. The number of hydrogen-bond acceptors (Lipinski definition) is 6. The summed E-state index contributed by atoms with van der Waals surface area (Å²) in [5, 5.41) is 2.66. The van der Waals surface area contributed by atoms with Gasteiger partial charge in [0.05, 0.1) is 13.0 Å². The van der Waals surface area contributed by atoms with Crippen LogP contribution in [0.1, 0.15) is 37.3 Å². The molecule has 0 aliphatic carbocycles. The topological polar surface area (TPSA) is 94.2 Å². The zero-order valence-corrected chi connectivity index (χ0v) is 22.0. The van der Waals surface area contributed by atoms with Crippen molar-refractivity contribution >= 4 is 29.2 Å². The minimum atomic E-state index is -0.645. The molecule has 1 N–H and O–H groups in total. The molecule has 38 heavy (non-hydrogen) atoms. The zero-order chi connectivity index (χ0) is 27.2. The number of ether oxygens (including phenoxy) is 3. The van der Waals surface area contributed by atoms with E-state index in [0.29, 0.717) is 28.8 Å². The van der Waals surface area contributed by atoms with Crippen molar-refractivity contribution in [3.8, 4) is 17.2 Å². The van der Waals surface area contributed by atoms with Crippen molar-refractivity contribution in [1.29, 1.82) is 0 Å². The summed E-state index contributed by atoms with van der Waals surface area (Å²) in [6.07, 6.45) is 0.0260. The number of rotatable bonds is 9. The van der Waals surface area contributed by atoms with Crippen LogP contribution in [0.4, 0.5) is 11.4 Å². The normalized spacial score (nSPS) is 14.9. The van der Waals surface area contributed by atoms with Crippen LogP contribution in [0.15, 0.2) is 66.7 Å². The first-order valence-corrected chi connectivity index (χ1v) is 12.5. The summed E-state index contributed by atoms with van der Waals surface area (Å²) in [5.41, 5.74) is 3.46. The van der Waals surface area contributed by atoms with Crippen LogP contribution in [0.5, 0.6) is 17.2 Å². The molecule has 1 fully saturated rings. The highest BCUT2D eigenvalue weighted by atomic mass is 16.5. The first-order valence-electron chi connectivity index (χ1n) is 12.5. The Morgan fingerprint density at radius 3 is 2.34 bits per heavy atom. The van der Waals surface area contributed by atoms with E-state index >= 15 is 0 Å². The molecule has 1 heterocycles. The maximum atomic E-state index is 12.7. The van der Waals surface area contributed by atoms with Crippen LogP contribution in [0.2, 0.25) is 0 Å². The van der Waals surface area contributed by atoms with Crippen molar-refractivity contribution in [2.24, 2.45) is 5.92 Å². The number of hydrogen-bond donors (Lipinski definition) is 1. The van der Waals surface area contributed by atoms with E-state index in [0.717, 1.165) is 16.9 Å². The summed E-state index contributed by atoms with van der Waals surface area (Å²) >= 11 is 0. The fraction of sp³-hybridized carbons (Fsp3) is 0.300. The Bertz CT molecular complexity index is 1300. The molecule has 1 aliphatic heterocycles. The van der Waals surface area contributed by atoms with Gasteiger partial charge < -0.3 is 24.4 Å². The minimum Gasteiger partial charge on any atom is -0.497 e. The number of nitrogens with zero attached hydrogens (tertiary/aromatic N) is 1. The molecule has 0 spiro atoms. The molecule has 1 aliphatic rings. The molecule has 4 rings (SSSR count). The lowest BCUT2D eigenvalue weighted by molar-refractivity contribution is -0.151. The SMILES string of the molecule is COc1ccc(NC(=O)COC(=O)[C@@H]2CC(=O)N(c3ccc(Oc4cc(C)ccc4C(C)C)cc3)C2)cc1. The van der Waals surface area contributed by atoms with E-state index in [9.17, 15) is 14.4 Å². The first-order chi connectivity index (χ1) is 18.2. The Morgan fingerprint density at radius 1 is 1.00 bits per heavy atom. The fourth-order valence-corrected chi connectivity index (χ4v) is 4.27. The molecular weight excluding hydrogens is 484 g/mol. The molecule has 1 atom stereocenters. The van der Waals surface area contributed by atoms with Gasteiger partial charge in [0, 0.05) is 24.3 Å². The van der Waals surface area contributed by atoms with Crippen LogP contribution in [0, 0.1) is 12.8 Å². The van der Waals surface area contributed by atoms with Gasteiger partial charge >= 0.3 is 5.97 Å². The summed E-state index contributed by atoms with van der Waals surface area (Å²) < 4.78 is 16.4. The number of aryl methyl sites for hydroxylation is 1. The number of amides is 2. The zero-order valence-electron chi connectivity index (χ0n) is 22.0. The monoisotopic (exact) mass is 516 g/mol. The Hall–Kier alpha value is -4.33. The highest BCUT2D eigenvalue weighted by molar-refractivity contribution is 6.00. The maximum absolute atomic E-state index is 12.7. The highest BCUT2D eigenvalue weighted by Crippen LogP contribution is 2.33. The van der Waals surface area contributed by atoms with Gasteiger partial charge in [0.2, 0.25) is 5.91 Å². The smallest absolute Gasteiger partial charge is 0.311 e. The standard InChI is InChI=1S/C30H32N2O6/c1-19(2)26-14-5-20(3)15-27(26)38-25-12-8-23(9-13-25)32-17-21(16-29(32)34)30(35)37-18-28(33)31-22-6-10-24(36-4)11-7-22/h5-15,19,21H,16-18H2,1-4H3,(H,31,33)/t21-/m1/s1. The van der Waals surface area contributed by atoms with Gasteiger partial charge in [0.25, 0.3) is 5.91 Å². The molecule has 3 aromatic carbocycles. The number of methoxy groups -OCH3 is 1. The molecule has 8 nitrogen and oxygen atoms in total. The van der Waals surface area contributed by atoms with Crippen LogP contribution in [0.3, 0.4) is 0 Å². The lowest BCUT2D eigenvalue weighted by Gasteiger charge is -2.18. The number of nitrogens with one attached hydrogen (secondary N) is 1. The molecule has 198 valence electrons. The highest BCUT2D eigenvalue weighted by Gasteiger charge is 2.36. The number of carbonyl (C=O) groups is 3. The van der Waals surface area contributed by atoms with E-state index in [1.807, 2.05) is 25.1 Å². The van der Waals surface area contributed by atoms with E-state index in [-0.39, 0.29) is 18.9 Å². The van der Waals surface area contributed by atoms with E-state index in [1.165, 1.54) is 0 Å². The average Bonchev–Trinajstić information content (AvgIpc) is 3.29. The van der Waals surface area contributed by atoms with Crippen molar-refractivity contribution < 1.29 is 28.6 Å². The molecule has 1 saturated heterocycles. The predicted octanol–water partition coefficient (Wildman–Crippen LogP) is 5.45. The lowest BCUT2D eigenvalue weighted by atomic mass is 10.0. The molecular formula is C30H32N2O6. The van der Waals surface area contributed by atoms with Gasteiger partial charge in [0.15, 0.2) is 6.61 Å². The molecule has 0 aromatic heterocycles. The molecule has 3 aromatic rings. The number of esters is 1. The fourth-order valence-electron chi connectivity index (χ4n) is 4.27. The number of anilines is 2. The summed E-state index contributed by atoms with van der Waals surface area (Å²) in [7, 11) is 1.56. The minimum absolute atomic E-state index is 0.0260. The Kier molecular flexibility index (Phi) is 8.31. The van der Waals surface area contributed by atoms with Gasteiger partial charge in [-0.3, -0.25) is 14.4 Å². The van der Waals surface area contributed by atoms with Crippen molar-refractivity contribution in [2.75, 3.05) is 30.5 Å². The van der Waals surface area contributed by atoms with Crippen molar-refractivity contribution in [3.63, 3.8) is 0 Å². The molecule has 0 saturated carbocycles. The summed E-state index contributed by atoms with van der Waals surface area (Å²) in [6.45, 7) is 6.02. The largest absolute Gasteiger partial charge is 0.497 e. The van der Waals surface area contributed by atoms with Gasteiger partial charge in [-0.2, -0.15) is 0 Å². The third-order valence-electron chi connectivity index (χ3n) is 6.34. The number of benzene rings is 3. The molecule has 0 radical (unpaired) electrons. The van der Waals surface area contributed by atoms with Crippen LogP contribution in [0.25, 0.3) is 0 Å². The van der Waals surface area contributed by atoms with Crippen LogP contribution >= 0.6 is 0 Å². The van der Waals surface area contributed by atoms with Gasteiger partial charge in [-0.1, -0.05) is 26.0 Å². The second kappa shape index (κ2) is 11.8. The predicted molar refractivity (Wildman–Crippen MR) is 145 cm³/mol. The third kappa shape index (κ3) is 6.51. The van der Waals surface area contributed by atoms with Crippen molar-refractivity contribution in [1.82, 2.24) is 0 Å². The van der Waals surface area contributed by atoms with Gasteiger partial charge in [-0.15, -0.1) is 0 Å². The first kappa shape index (κ1) is 26.7. The maximum Gasteiger partial charge on any atom is 0.311 e. The van der Waals surface area contributed by atoms with E-state index in [2.05, 4.69) is 31.3 Å². The second-order valence-corrected chi connectivity index (χ2v) is 9.58. The lowest BCUT2D eigenvalue weighted by Crippen LogP contribution is -2.28. The third-order valence-corrected chi connectivity index (χ3v) is 6.34. The van der Waals surface area contributed by atoms with Gasteiger partial charge in [0.1, 0.15) is 17.2 Å². The van der Waals surface area contributed by atoms with Crippen LogP contribution in [-0.4, -0.2) is 38.0 Å². The van der Waals surface area contributed by atoms with Crippen molar-refractivity contribution in [2.45, 2.75) is 33.1 Å². The van der Waals surface area contributed by atoms with Gasteiger partial charge in [-0.05, 0) is 78.6 Å². The second-order valence-electron chi connectivity index (χ2n) is 9.58. The summed E-state index contributed by atoms with van der Waals surface area (Å²) in [4.78, 5) is 38.9. The van der Waals surface area contributed by atoms with Crippen LogP contribution < -0.4 is 19.7 Å². The van der Waals surface area contributed by atoms with Crippen LogP contribution in [-0.2, 0) is 19.1 Å². The number of carbonyl (C=O) groups excluding carboxylic acids is 3. The molecule has 2 amide bonds. The molecule has 0 unspecified atom stereocenters. The summed E-state index contributed by atoms with van der Waals surface area (Å²) in [5.74, 6) is 0.588. The van der Waals surface area contributed by atoms with E-state index < -0.39 is 24.4 Å². The Labute approximate surface area is 222 Å². The molecule has 0 bridgehead atoms. The van der Waals surface area contributed by atoms with Gasteiger partial charge in [-0.25, -0.2) is 0 Å². The Morgan fingerprint density at radius 2 is 1.68 bits per heavy atom. The van der Waals surface area contributed by atoms with E-state index in [1.54, 1.807) is 48.4 Å². The van der Waals surface area contributed by atoms with E-state index in [4.69, 9.17) is 14.2 Å².